The lowest BCUT2D eigenvalue weighted by Gasteiger charge is -2.38. The van der Waals surface area contributed by atoms with Crippen LogP contribution in [0, 0.1) is 0 Å². The Balaban J connectivity index is 1.43. The highest BCUT2D eigenvalue weighted by molar-refractivity contribution is 5.79. The highest BCUT2D eigenvalue weighted by Gasteiger charge is 2.34. The molecule has 1 saturated heterocycles. The van der Waals surface area contributed by atoms with Gasteiger partial charge in [-0.15, -0.1) is 0 Å². The second-order valence-corrected chi connectivity index (χ2v) is 7.62. The zero-order chi connectivity index (χ0) is 19.4. The lowest BCUT2D eigenvalue weighted by Crippen LogP contribution is -2.45. The minimum Gasteiger partial charge on any atom is -0.497 e. The quantitative estimate of drug-likeness (QED) is 0.836. The topological polar surface area (TPSA) is 56.8 Å². The van der Waals surface area contributed by atoms with E-state index in [-0.39, 0.29) is 11.3 Å². The third-order valence-electron chi connectivity index (χ3n) is 5.90. The molecule has 2 aromatic rings. The van der Waals surface area contributed by atoms with Crippen molar-refractivity contribution in [3.05, 3.63) is 59.2 Å². The summed E-state index contributed by atoms with van der Waals surface area (Å²) in [5.74, 6) is 1.80. The number of fused-ring (bicyclic) bond motifs is 1. The standard InChI is InChI=1S/C23H27NO4/c1-26-20-6-4-19(5-7-20)23(9-12-27-13-10-23)16-24-22(25)15-17-2-3-18-8-11-28-21(18)14-17/h2-7,14H,8-13,15-16H2,1H3,(H,24,25). The Bertz CT molecular complexity index is 825. The maximum Gasteiger partial charge on any atom is 0.224 e. The molecule has 4 rings (SSSR count). The van der Waals surface area contributed by atoms with Crippen LogP contribution in [-0.4, -0.2) is 39.4 Å². The summed E-state index contributed by atoms with van der Waals surface area (Å²) in [4.78, 5) is 12.6. The summed E-state index contributed by atoms with van der Waals surface area (Å²) >= 11 is 0. The Morgan fingerprint density at radius 1 is 1.11 bits per heavy atom. The fourth-order valence-electron chi connectivity index (χ4n) is 4.11. The Hall–Kier alpha value is -2.53. The van der Waals surface area contributed by atoms with Gasteiger partial charge in [0.05, 0.1) is 20.1 Å². The van der Waals surface area contributed by atoms with Crippen LogP contribution in [-0.2, 0) is 27.8 Å². The molecule has 2 aromatic carbocycles. The molecular formula is C23H27NO4. The number of benzene rings is 2. The van der Waals surface area contributed by atoms with Crippen molar-refractivity contribution < 1.29 is 19.0 Å². The lowest BCUT2D eigenvalue weighted by molar-refractivity contribution is -0.120. The number of amides is 1. The van der Waals surface area contributed by atoms with Crippen LogP contribution in [0.5, 0.6) is 11.5 Å². The van der Waals surface area contributed by atoms with Crippen molar-refractivity contribution in [2.45, 2.75) is 31.1 Å². The van der Waals surface area contributed by atoms with Crippen LogP contribution in [0.15, 0.2) is 42.5 Å². The van der Waals surface area contributed by atoms with Gasteiger partial charge in [-0.1, -0.05) is 24.3 Å². The summed E-state index contributed by atoms with van der Waals surface area (Å²) in [6.07, 6.45) is 3.11. The highest BCUT2D eigenvalue weighted by atomic mass is 16.5. The van der Waals surface area contributed by atoms with Gasteiger partial charge in [0.1, 0.15) is 11.5 Å². The van der Waals surface area contributed by atoms with E-state index < -0.39 is 0 Å². The molecular weight excluding hydrogens is 354 g/mol. The molecule has 5 heteroatoms. The monoisotopic (exact) mass is 381 g/mol. The number of methoxy groups -OCH3 is 1. The van der Waals surface area contributed by atoms with E-state index in [2.05, 4.69) is 23.5 Å². The minimum absolute atomic E-state index is 0.0392. The van der Waals surface area contributed by atoms with Crippen LogP contribution in [0.25, 0.3) is 0 Å². The summed E-state index contributed by atoms with van der Waals surface area (Å²) in [5.41, 5.74) is 3.34. The molecule has 1 amide bonds. The van der Waals surface area contributed by atoms with Gasteiger partial charge in [0, 0.05) is 31.6 Å². The van der Waals surface area contributed by atoms with Crippen molar-refractivity contribution in [1.82, 2.24) is 5.32 Å². The first-order valence-electron chi connectivity index (χ1n) is 9.92. The van der Waals surface area contributed by atoms with Crippen LogP contribution in [0.4, 0.5) is 0 Å². The van der Waals surface area contributed by atoms with E-state index in [1.54, 1.807) is 7.11 Å². The van der Waals surface area contributed by atoms with Gasteiger partial charge in [0.25, 0.3) is 0 Å². The Morgan fingerprint density at radius 2 is 1.89 bits per heavy atom. The van der Waals surface area contributed by atoms with E-state index in [0.717, 1.165) is 42.9 Å². The Kier molecular flexibility index (Phi) is 5.53. The molecule has 2 heterocycles. The van der Waals surface area contributed by atoms with Crippen molar-refractivity contribution in [3.63, 3.8) is 0 Å². The number of carbonyl (C=O) groups is 1. The molecule has 0 spiro atoms. The zero-order valence-electron chi connectivity index (χ0n) is 16.3. The third-order valence-corrected chi connectivity index (χ3v) is 5.90. The maximum absolute atomic E-state index is 12.6. The second kappa shape index (κ2) is 8.23. The fourth-order valence-corrected chi connectivity index (χ4v) is 4.11. The highest BCUT2D eigenvalue weighted by Crippen LogP contribution is 2.35. The molecule has 1 fully saturated rings. The molecule has 28 heavy (non-hydrogen) atoms. The summed E-state index contributed by atoms with van der Waals surface area (Å²) in [6.45, 7) is 2.77. The van der Waals surface area contributed by atoms with E-state index in [1.807, 2.05) is 24.3 Å². The van der Waals surface area contributed by atoms with Gasteiger partial charge < -0.3 is 19.5 Å². The Labute approximate surface area is 166 Å². The van der Waals surface area contributed by atoms with E-state index in [0.29, 0.717) is 26.2 Å². The first-order chi connectivity index (χ1) is 13.7. The normalized spacial score (nSPS) is 17.5. The molecule has 0 aromatic heterocycles. The lowest BCUT2D eigenvalue weighted by atomic mass is 9.74. The molecule has 0 saturated carbocycles. The van der Waals surface area contributed by atoms with E-state index in [1.165, 1.54) is 11.1 Å². The zero-order valence-corrected chi connectivity index (χ0v) is 16.3. The average molecular weight is 381 g/mol. The first-order valence-corrected chi connectivity index (χ1v) is 9.92. The Morgan fingerprint density at radius 3 is 2.64 bits per heavy atom. The summed E-state index contributed by atoms with van der Waals surface area (Å²) in [7, 11) is 1.67. The van der Waals surface area contributed by atoms with Crippen LogP contribution in [0.1, 0.15) is 29.5 Å². The molecule has 2 aliphatic rings. The van der Waals surface area contributed by atoms with Crippen LogP contribution < -0.4 is 14.8 Å². The molecule has 148 valence electrons. The maximum atomic E-state index is 12.6. The van der Waals surface area contributed by atoms with Gasteiger partial charge in [0.2, 0.25) is 5.91 Å². The van der Waals surface area contributed by atoms with Crippen molar-refractivity contribution >= 4 is 5.91 Å². The average Bonchev–Trinajstić information content (AvgIpc) is 3.21. The predicted octanol–water partition coefficient (Wildman–Crippen LogP) is 3.04. The first kappa shape index (κ1) is 18.8. The molecule has 1 N–H and O–H groups in total. The van der Waals surface area contributed by atoms with Gasteiger partial charge in [0.15, 0.2) is 0 Å². The molecule has 0 bridgehead atoms. The molecule has 5 nitrogen and oxygen atoms in total. The van der Waals surface area contributed by atoms with Gasteiger partial charge >= 0.3 is 0 Å². The molecule has 0 aliphatic carbocycles. The summed E-state index contributed by atoms with van der Waals surface area (Å²) in [5, 5.41) is 3.17. The smallest absolute Gasteiger partial charge is 0.224 e. The second-order valence-electron chi connectivity index (χ2n) is 7.62. The van der Waals surface area contributed by atoms with Crippen molar-refractivity contribution in [2.75, 3.05) is 33.5 Å². The van der Waals surface area contributed by atoms with E-state index >= 15 is 0 Å². The van der Waals surface area contributed by atoms with E-state index in [9.17, 15) is 4.79 Å². The van der Waals surface area contributed by atoms with Crippen molar-refractivity contribution in [3.8, 4) is 11.5 Å². The van der Waals surface area contributed by atoms with Crippen LogP contribution >= 0.6 is 0 Å². The van der Waals surface area contributed by atoms with Crippen molar-refractivity contribution in [1.29, 1.82) is 0 Å². The van der Waals surface area contributed by atoms with Gasteiger partial charge in [-0.25, -0.2) is 0 Å². The number of hydrogen-bond donors (Lipinski definition) is 1. The van der Waals surface area contributed by atoms with Crippen LogP contribution in [0.2, 0.25) is 0 Å². The number of ether oxygens (including phenoxy) is 3. The molecule has 0 unspecified atom stereocenters. The number of hydrogen-bond acceptors (Lipinski definition) is 4. The number of rotatable bonds is 6. The van der Waals surface area contributed by atoms with Crippen LogP contribution in [0.3, 0.4) is 0 Å². The minimum atomic E-state index is -0.0960. The van der Waals surface area contributed by atoms with Gasteiger partial charge in [-0.3, -0.25) is 4.79 Å². The largest absolute Gasteiger partial charge is 0.497 e. The van der Waals surface area contributed by atoms with Gasteiger partial charge in [-0.05, 0) is 47.7 Å². The number of nitrogens with one attached hydrogen (secondary N) is 1. The number of carbonyl (C=O) groups excluding carboxylic acids is 1. The van der Waals surface area contributed by atoms with E-state index in [4.69, 9.17) is 14.2 Å². The summed E-state index contributed by atoms with van der Waals surface area (Å²) in [6, 6.07) is 14.3. The third kappa shape index (κ3) is 3.99. The SMILES string of the molecule is COc1ccc(C2(CNC(=O)Cc3ccc4c(c3)OCC4)CCOCC2)cc1. The molecule has 0 atom stereocenters. The van der Waals surface area contributed by atoms with Crippen molar-refractivity contribution in [2.24, 2.45) is 0 Å². The molecule has 2 aliphatic heterocycles. The van der Waals surface area contributed by atoms with Gasteiger partial charge in [-0.2, -0.15) is 0 Å². The summed E-state index contributed by atoms with van der Waals surface area (Å²) < 4.78 is 16.5. The molecule has 0 radical (unpaired) electrons. The predicted molar refractivity (Wildman–Crippen MR) is 107 cm³/mol. The fraction of sp³-hybridized carbons (Fsp3) is 0.435.